The Morgan fingerprint density at radius 3 is 2.30 bits per heavy atom. The van der Waals surface area contributed by atoms with Crippen LogP contribution in [0.5, 0.6) is 0 Å². The van der Waals surface area contributed by atoms with Gasteiger partial charge in [-0.3, -0.25) is 9.69 Å². The quantitative estimate of drug-likeness (QED) is 0.814. The minimum Gasteiger partial charge on any atom is -0.369 e. The molecule has 1 fully saturated rings. The van der Waals surface area contributed by atoms with E-state index in [1.54, 1.807) is 0 Å². The van der Waals surface area contributed by atoms with Crippen LogP contribution in [0.2, 0.25) is 0 Å². The summed E-state index contributed by atoms with van der Waals surface area (Å²) in [6.07, 6.45) is 2.26. The van der Waals surface area contributed by atoms with Crippen molar-refractivity contribution in [2.45, 2.75) is 32.7 Å². The topological polar surface area (TPSA) is 35.6 Å². The summed E-state index contributed by atoms with van der Waals surface area (Å²) in [5, 5.41) is 3.14. The van der Waals surface area contributed by atoms with Gasteiger partial charge >= 0.3 is 0 Å². The fraction of sp³-hybridized carbons (Fsp3) is 0.435. The number of rotatable bonds is 7. The van der Waals surface area contributed by atoms with E-state index in [1.165, 1.54) is 11.3 Å². The molecular formula is C23H31N3O. The maximum atomic E-state index is 12.4. The maximum Gasteiger partial charge on any atom is 0.234 e. The van der Waals surface area contributed by atoms with E-state index < -0.39 is 0 Å². The highest BCUT2D eigenvalue weighted by Gasteiger charge is 2.20. The van der Waals surface area contributed by atoms with Crippen LogP contribution in [-0.4, -0.2) is 43.5 Å². The van der Waals surface area contributed by atoms with Gasteiger partial charge in [0.25, 0.3) is 0 Å². The molecule has 1 heterocycles. The summed E-state index contributed by atoms with van der Waals surface area (Å²) in [6.45, 7) is 8.49. The number of hydrogen-bond acceptors (Lipinski definition) is 3. The molecule has 3 rings (SSSR count). The molecule has 2 aromatic carbocycles. The van der Waals surface area contributed by atoms with Crippen molar-refractivity contribution in [2.24, 2.45) is 0 Å². The number of nitrogens with one attached hydrogen (secondary N) is 1. The van der Waals surface area contributed by atoms with Crippen molar-refractivity contribution in [2.75, 3.05) is 37.6 Å². The van der Waals surface area contributed by atoms with Gasteiger partial charge in [-0.1, -0.05) is 55.8 Å². The first-order valence-electron chi connectivity index (χ1n) is 10.1. The molecule has 2 aromatic rings. The lowest BCUT2D eigenvalue weighted by molar-refractivity contribution is -0.123. The average Bonchev–Trinajstić information content (AvgIpc) is 2.70. The Morgan fingerprint density at radius 1 is 1.00 bits per heavy atom. The molecule has 0 radical (unpaired) electrons. The number of piperazine rings is 1. The highest BCUT2D eigenvalue weighted by molar-refractivity contribution is 5.78. The van der Waals surface area contributed by atoms with E-state index in [9.17, 15) is 4.79 Å². The van der Waals surface area contributed by atoms with Gasteiger partial charge in [0, 0.05) is 31.9 Å². The second-order valence-corrected chi connectivity index (χ2v) is 7.38. The van der Waals surface area contributed by atoms with E-state index in [4.69, 9.17) is 0 Å². The van der Waals surface area contributed by atoms with Crippen molar-refractivity contribution in [3.8, 4) is 0 Å². The summed E-state index contributed by atoms with van der Waals surface area (Å²) in [7, 11) is 0. The molecule has 1 N–H and O–H groups in total. The molecular weight excluding hydrogens is 334 g/mol. The van der Waals surface area contributed by atoms with Crippen LogP contribution in [0.15, 0.2) is 54.6 Å². The third-order valence-corrected chi connectivity index (χ3v) is 5.26. The van der Waals surface area contributed by atoms with Gasteiger partial charge in [-0.25, -0.2) is 0 Å². The highest BCUT2D eigenvalue weighted by Crippen LogP contribution is 2.16. The van der Waals surface area contributed by atoms with Crippen molar-refractivity contribution in [1.82, 2.24) is 10.2 Å². The Hall–Kier alpha value is -2.33. The van der Waals surface area contributed by atoms with Crippen LogP contribution >= 0.6 is 0 Å². The second-order valence-electron chi connectivity index (χ2n) is 7.38. The van der Waals surface area contributed by atoms with Gasteiger partial charge in [-0.05, 0) is 36.6 Å². The minimum atomic E-state index is 0.0405. The summed E-state index contributed by atoms with van der Waals surface area (Å²) in [6, 6.07) is 19.1. The van der Waals surface area contributed by atoms with Crippen LogP contribution in [0, 0.1) is 0 Å². The van der Waals surface area contributed by atoms with Gasteiger partial charge in [-0.15, -0.1) is 0 Å². The summed E-state index contributed by atoms with van der Waals surface area (Å²) >= 11 is 0. The molecule has 1 aliphatic heterocycles. The lowest BCUT2D eigenvalue weighted by atomic mass is 10.0. The van der Waals surface area contributed by atoms with Gasteiger partial charge < -0.3 is 10.2 Å². The van der Waals surface area contributed by atoms with E-state index in [0.717, 1.165) is 44.6 Å². The first-order chi connectivity index (χ1) is 13.2. The Labute approximate surface area is 163 Å². The van der Waals surface area contributed by atoms with Crippen LogP contribution in [0.3, 0.4) is 0 Å². The number of anilines is 1. The molecule has 0 spiro atoms. The van der Waals surface area contributed by atoms with Crippen LogP contribution in [-0.2, 0) is 11.2 Å². The maximum absolute atomic E-state index is 12.4. The monoisotopic (exact) mass is 365 g/mol. The number of para-hydroxylation sites is 1. The number of nitrogens with zero attached hydrogens (tertiary/aromatic N) is 2. The number of amides is 1. The third-order valence-electron chi connectivity index (χ3n) is 5.26. The third kappa shape index (κ3) is 5.57. The van der Waals surface area contributed by atoms with Crippen molar-refractivity contribution < 1.29 is 4.79 Å². The van der Waals surface area contributed by atoms with Crippen LogP contribution in [0.1, 0.15) is 37.4 Å². The first kappa shape index (κ1) is 19.4. The Kier molecular flexibility index (Phi) is 6.88. The molecule has 1 aliphatic rings. The number of carbonyl (C=O) groups excluding carboxylic acids is 1. The van der Waals surface area contributed by atoms with E-state index >= 15 is 0 Å². The van der Waals surface area contributed by atoms with Gasteiger partial charge in [-0.2, -0.15) is 0 Å². The molecule has 1 saturated heterocycles. The summed E-state index contributed by atoms with van der Waals surface area (Å²) in [4.78, 5) is 17.1. The molecule has 0 bridgehead atoms. The summed E-state index contributed by atoms with van der Waals surface area (Å²) in [5.74, 6) is 0.105. The Bertz CT molecular complexity index is 706. The zero-order valence-corrected chi connectivity index (χ0v) is 16.5. The molecule has 27 heavy (non-hydrogen) atoms. The van der Waals surface area contributed by atoms with Gasteiger partial charge in [0.2, 0.25) is 5.91 Å². The Balaban J connectivity index is 1.44. The molecule has 0 aliphatic carbocycles. The molecule has 0 unspecified atom stereocenters. The summed E-state index contributed by atoms with van der Waals surface area (Å²) < 4.78 is 0. The predicted octanol–water partition coefficient (Wildman–Crippen LogP) is 3.64. The molecule has 1 atom stereocenters. The fourth-order valence-corrected chi connectivity index (χ4v) is 3.64. The van der Waals surface area contributed by atoms with Gasteiger partial charge in [0.1, 0.15) is 0 Å². The highest BCUT2D eigenvalue weighted by atomic mass is 16.2. The van der Waals surface area contributed by atoms with E-state index in [2.05, 4.69) is 77.5 Å². The second kappa shape index (κ2) is 9.56. The number of aryl methyl sites for hydroxylation is 1. The predicted molar refractivity (Wildman–Crippen MR) is 112 cm³/mol. The largest absolute Gasteiger partial charge is 0.369 e. The van der Waals surface area contributed by atoms with Crippen LogP contribution < -0.4 is 10.2 Å². The number of benzene rings is 2. The zero-order valence-electron chi connectivity index (χ0n) is 16.5. The van der Waals surface area contributed by atoms with Crippen molar-refractivity contribution in [3.63, 3.8) is 0 Å². The first-order valence-corrected chi connectivity index (χ1v) is 10.1. The Morgan fingerprint density at radius 2 is 1.67 bits per heavy atom. The smallest absolute Gasteiger partial charge is 0.234 e. The normalized spacial score (nSPS) is 16.1. The molecule has 1 amide bonds. The lowest BCUT2D eigenvalue weighted by Crippen LogP contribution is -2.49. The standard InChI is InChI=1S/C23H31N3O/c1-3-7-20-10-12-21(13-11-20)19(2)24-23(27)18-25-14-16-26(17-15-25)22-8-5-4-6-9-22/h4-6,8-13,19H,3,7,14-18H2,1-2H3,(H,24,27)/t19-/m0/s1. The van der Waals surface area contributed by atoms with Crippen LogP contribution in [0.4, 0.5) is 5.69 Å². The average molecular weight is 366 g/mol. The van der Waals surface area contributed by atoms with Crippen molar-refractivity contribution in [3.05, 3.63) is 65.7 Å². The molecule has 0 saturated carbocycles. The van der Waals surface area contributed by atoms with E-state index in [0.29, 0.717) is 6.54 Å². The minimum absolute atomic E-state index is 0.0405. The number of hydrogen-bond donors (Lipinski definition) is 1. The van der Waals surface area contributed by atoms with Crippen molar-refractivity contribution >= 4 is 11.6 Å². The van der Waals surface area contributed by atoms with Crippen molar-refractivity contribution in [1.29, 1.82) is 0 Å². The molecule has 4 nitrogen and oxygen atoms in total. The molecule has 0 aromatic heterocycles. The lowest BCUT2D eigenvalue weighted by Gasteiger charge is -2.35. The molecule has 144 valence electrons. The number of carbonyl (C=O) groups is 1. The zero-order chi connectivity index (χ0) is 19.1. The van der Waals surface area contributed by atoms with E-state index in [1.807, 2.05) is 6.07 Å². The van der Waals surface area contributed by atoms with Gasteiger partial charge in [0.15, 0.2) is 0 Å². The molecule has 4 heteroatoms. The van der Waals surface area contributed by atoms with E-state index in [-0.39, 0.29) is 11.9 Å². The summed E-state index contributed by atoms with van der Waals surface area (Å²) in [5.41, 5.74) is 3.79. The van der Waals surface area contributed by atoms with Gasteiger partial charge in [0.05, 0.1) is 12.6 Å². The SMILES string of the molecule is CCCc1ccc([C@H](C)NC(=O)CN2CCN(c3ccccc3)CC2)cc1. The fourth-order valence-electron chi connectivity index (χ4n) is 3.64. The van der Waals surface area contributed by atoms with Crippen LogP contribution in [0.25, 0.3) is 0 Å².